The van der Waals surface area contributed by atoms with Crippen LogP contribution in [0.2, 0.25) is 0 Å². The third-order valence-corrected chi connectivity index (χ3v) is 4.33. The van der Waals surface area contributed by atoms with Crippen molar-refractivity contribution in [1.82, 2.24) is 5.32 Å². The molecule has 0 radical (unpaired) electrons. The summed E-state index contributed by atoms with van der Waals surface area (Å²) in [4.78, 5) is 0. The van der Waals surface area contributed by atoms with Gasteiger partial charge in [0.1, 0.15) is 17.2 Å². The van der Waals surface area contributed by atoms with Crippen molar-refractivity contribution in [3.8, 4) is 17.2 Å². The van der Waals surface area contributed by atoms with Crippen molar-refractivity contribution < 1.29 is 14.2 Å². The van der Waals surface area contributed by atoms with E-state index in [0.717, 1.165) is 47.9 Å². The molecule has 0 amide bonds. The molecule has 0 aliphatic rings. The van der Waals surface area contributed by atoms with Gasteiger partial charge in [-0.15, -0.1) is 0 Å². The maximum atomic E-state index is 5.58. The molecule has 0 unspecified atom stereocenters. The van der Waals surface area contributed by atoms with Crippen LogP contribution in [-0.4, -0.2) is 27.9 Å². The highest BCUT2D eigenvalue weighted by atomic mass is 16.5. The lowest BCUT2D eigenvalue weighted by Crippen LogP contribution is -2.17. The lowest BCUT2D eigenvalue weighted by molar-refractivity contribution is 0.392. The fourth-order valence-corrected chi connectivity index (χ4v) is 2.93. The second-order valence-electron chi connectivity index (χ2n) is 6.30. The molecule has 2 aromatic carbocycles. The molecule has 1 N–H and O–H groups in total. The lowest BCUT2D eigenvalue weighted by atomic mass is 9.98. The SMILES string of the molecule is COc1cc(C(C)C)c(OC)cc1CCNCc1ccccc1OC. The van der Waals surface area contributed by atoms with Gasteiger partial charge < -0.3 is 19.5 Å². The summed E-state index contributed by atoms with van der Waals surface area (Å²) < 4.78 is 16.5. The molecular formula is C21H29NO3. The molecule has 136 valence electrons. The van der Waals surface area contributed by atoms with Crippen molar-refractivity contribution in [3.05, 3.63) is 53.1 Å². The van der Waals surface area contributed by atoms with Gasteiger partial charge in [0.2, 0.25) is 0 Å². The van der Waals surface area contributed by atoms with E-state index >= 15 is 0 Å². The van der Waals surface area contributed by atoms with Gasteiger partial charge in [0.15, 0.2) is 0 Å². The van der Waals surface area contributed by atoms with Gasteiger partial charge in [-0.1, -0.05) is 32.0 Å². The minimum Gasteiger partial charge on any atom is -0.496 e. The average Bonchev–Trinajstić information content (AvgIpc) is 2.64. The summed E-state index contributed by atoms with van der Waals surface area (Å²) in [5, 5.41) is 3.47. The third-order valence-electron chi connectivity index (χ3n) is 4.33. The average molecular weight is 343 g/mol. The zero-order chi connectivity index (χ0) is 18.2. The highest BCUT2D eigenvalue weighted by molar-refractivity contribution is 5.48. The van der Waals surface area contributed by atoms with Gasteiger partial charge in [0, 0.05) is 17.7 Å². The first kappa shape index (κ1) is 19.1. The van der Waals surface area contributed by atoms with Gasteiger partial charge in [-0.25, -0.2) is 0 Å². The van der Waals surface area contributed by atoms with E-state index in [1.165, 1.54) is 5.56 Å². The Labute approximate surface area is 151 Å². The first-order chi connectivity index (χ1) is 12.1. The summed E-state index contributed by atoms with van der Waals surface area (Å²) in [5.41, 5.74) is 3.48. The van der Waals surface area contributed by atoms with Crippen LogP contribution in [0.5, 0.6) is 17.2 Å². The van der Waals surface area contributed by atoms with Crippen molar-refractivity contribution in [2.45, 2.75) is 32.7 Å². The van der Waals surface area contributed by atoms with E-state index < -0.39 is 0 Å². The van der Waals surface area contributed by atoms with Crippen LogP contribution in [0.25, 0.3) is 0 Å². The zero-order valence-corrected chi connectivity index (χ0v) is 15.9. The first-order valence-electron chi connectivity index (χ1n) is 8.68. The lowest BCUT2D eigenvalue weighted by Gasteiger charge is -2.17. The summed E-state index contributed by atoms with van der Waals surface area (Å²) in [6.45, 7) is 5.93. The molecule has 0 saturated heterocycles. The number of rotatable bonds is 9. The predicted molar refractivity (Wildman–Crippen MR) is 102 cm³/mol. The van der Waals surface area contributed by atoms with Crippen molar-refractivity contribution in [1.29, 1.82) is 0 Å². The van der Waals surface area contributed by atoms with Crippen LogP contribution in [-0.2, 0) is 13.0 Å². The van der Waals surface area contributed by atoms with Crippen LogP contribution in [0.3, 0.4) is 0 Å². The Morgan fingerprint density at radius 2 is 1.52 bits per heavy atom. The minimum atomic E-state index is 0.390. The molecule has 0 atom stereocenters. The maximum absolute atomic E-state index is 5.58. The molecular weight excluding hydrogens is 314 g/mol. The van der Waals surface area contributed by atoms with Crippen molar-refractivity contribution in [2.24, 2.45) is 0 Å². The van der Waals surface area contributed by atoms with E-state index in [0.29, 0.717) is 5.92 Å². The van der Waals surface area contributed by atoms with Crippen LogP contribution in [0.4, 0.5) is 0 Å². The number of para-hydroxylation sites is 1. The molecule has 4 nitrogen and oxygen atoms in total. The van der Waals surface area contributed by atoms with Crippen LogP contribution in [0.15, 0.2) is 36.4 Å². The van der Waals surface area contributed by atoms with Gasteiger partial charge in [-0.05, 0) is 42.6 Å². The van der Waals surface area contributed by atoms with E-state index in [9.17, 15) is 0 Å². The Balaban J connectivity index is 2.02. The van der Waals surface area contributed by atoms with Gasteiger partial charge in [-0.2, -0.15) is 0 Å². The maximum Gasteiger partial charge on any atom is 0.123 e. The fourth-order valence-electron chi connectivity index (χ4n) is 2.93. The molecule has 4 heteroatoms. The van der Waals surface area contributed by atoms with E-state index in [-0.39, 0.29) is 0 Å². The molecule has 0 aliphatic heterocycles. The largest absolute Gasteiger partial charge is 0.496 e. The molecule has 2 aromatic rings. The highest BCUT2D eigenvalue weighted by Crippen LogP contribution is 2.33. The summed E-state index contributed by atoms with van der Waals surface area (Å²) in [6, 6.07) is 12.3. The Hall–Kier alpha value is -2.20. The quantitative estimate of drug-likeness (QED) is 0.694. The Morgan fingerprint density at radius 3 is 2.16 bits per heavy atom. The molecule has 0 bridgehead atoms. The number of benzene rings is 2. The molecule has 0 fully saturated rings. The van der Waals surface area contributed by atoms with Crippen LogP contribution >= 0.6 is 0 Å². The molecule has 0 spiro atoms. The van der Waals surface area contributed by atoms with Gasteiger partial charge >= 0.3 is 0 Å². The second-order valence-corrected chi connectivity index (χ2v) is 6.30. The molecule has 0 aliphatic carbocycles. The first-order valence-corrected chi connectivity index (χ1v) is 8.68. The van der Waals surface area contributed by atoms with E-state index in [1.54, 1.807) is 21.3 Å². The van der Waals surface area contributed by atoms with Crippen molar-refractivity contribution in [3.63, 3.8) is 0 Å². The number of hydrogen-bond acceptors (Lipinski definition) is 4. The monoisotopic (exact) mass is 343 g/mol. The van der Waals surface area contributed by atoms with Gasteiger partial charge in [-0.3, -0.25) is 0 Å². The van der Waals surface area contributed by atoms with E-state index in [2.05, 4.69) is 37.4 Å². The topological polar surface area (TPSA) is 39.7 Å². The summed E-state index contributed by atoms with van der Waals surface area (Å²) in [5.74, 6) is 3.15. The summed E-state index contributed by atoms with van der Waals surface area (Å²) >= 11 is 0. The van der Waals surface area contributed by atoms with Crippen molar-refractivity contribution in [2.75, 3.05) is 27.9 Å². The highest BCUT2D eigenvalue weighted by Gasteiger charge is 2.13. The zero-order valence-electron chi connectivity index (χ0n) is 15.9. The number of nitrogens with one attached hydrogen (secondary N) is 1. The predicted octanol–water partition coefficient (Wildman–Crippen LogP) is 4.17. The molecule has 2 rings (SSSR count). The summed E-state index contributed by atoms with van der Waals surface area (Å²) in [7, 11) is 5.14. The Bertz CT molecular complexity index is 683. The van der Waals surface area contributed by atoms with Gasteiger partial charge in [0.05, 0.1) is 21.3 Å². The smallest absolute Gasteiger partial charge is 0.123 e. The molecule has 0 heterocycles. The van der Waals surface area contributed by atoms with Crippen LogP contribution in [0.1, 0.15) is 36.5 Å². The summed E-state index contributed by atoms with van der Waals surface area (Å²) in [6.07, 6.45) is 0.868. The third kappa shape index (κ3) is 4.89. The molecule has 0 saturated carbocycles. The number of hydrogen-bond donors (Lipinski definition) is 1. The molecule has 0 aromatic heterocycles. The van der Waals surface area contributed by atoms with E-state index in [4.69, 9.17) is 14.2 Å². The van der Waals surface area contributed by atoms with Crippen LogP contribution in [0, 0.1) is 0 Å². The second kappa shape index (κ2) is 9.33. The normalized spacial score (nSPS) is 10.8. The van der Waals surface area contributed by atoms with E-state index in [1.807, 2.05) is 18.2 Å². The number of ether oxygens (including phenoxy) is 3. The minimum absolute atomic E-state index is 0.390. The number of methoxy groups -OCH3 is 3. The van der Waals surface area contributed by atoms with Gasteiger partial charge in [0.25, 0.3) is 0 Å². The Morgan fingerprint density at radius 1 is 0.840 bits per heavy atom. The fraction of sp³-hybridized carbons (Fsp3) is 0.429. The van der Waals surface area contributed by atoms with Crippen LogP contribution < -0.4 is 19.5 Å². The Kier molecular flexibility index (Phi) is 7.14. The molecule has 25 heavy (non-hydrogen) atoms. The standard InChI is InChI=1S/C21H29NO3/c1-15(2)18-13-20(24-4)16(12-21(18)25-5)10-11-22-14-17-8-6-7-9-19(17)23-3/h6-9,12-13,15,22H,10-11,14H2,1-5H3. The van der Waals surface area contributed by atoms with Crippen molar-refractivity contribution >= 4 is 0 Å².